The highest BCUT2D eigenvalue weighted by Gasteiger charge is 2.25. The standard InChI is InChI=1S/C10H16IN6O/c1-14(2)10(15(3)4)16-7-5-6-8(11)12-9(7)17(18)13-16/h5-6,12-13H,1-4H3/q+1. The molecular weight excluding hydrogens is 347 g/mol. The topological polar surface area (TPSA) is 67.1 Å². The van der Waals surface area contributed by atoms with Crippen LogP contribution in [-0.2, 0) is 0 Å². The second-order valence-corrected chi connectivity index (χ2v) is 5.52. The number of nitrogens with one attached hydrogen (secondary N) is 2. The number of aromatic amines is 1. The molecular formula is C10H16IN6O+. The van der Waals surface area contributed by atoms with E-state index >= 15 is 0 Å². The molecule has 0 saturated heterocycles. The van der Waals surface area contributed by atoms with Crippen molar-refractivity contribution in [3.63, 3.8) is 0 Å². The van der Waals surface area contributed by atoms with Crippen molar-refractivity contribution in [1.82, 2.24) is 15.0 Å². The van der Waals surface area contributed by atoms with Crippen LogP contribution in [-0.4, -0.2) is 43.2 Å². The number of hydrogen-bond acceptors (Lipinski definition) is 4. The fraction of sp³-hybridized carbons (Fsp3) is 0.400. The molecule has 8 heteroatoms. The van der Waals surface area contributed by atoms with Crippen molar-refractivity contribution < 1.29 is 9.20 Å². The van der Waals surface area contributed by atoms with Gasteiger partial charge < -0.3 is 10.5 Å². The minimum absolute atomic E-state index is 0.503. The van der Waals surface area contributed by atoms with Crippen LogP contribution in [0.5, 0.6) is 0 Å². The summed E-state index contributed by atoms with van der Waals surface area (Å²) in [5.41, 5.74) is 0. The molecule has 0 saturated carbocycles. The molecule has 0 aromatic carbocycles. The molecule has 18 heavy (non-hydrogen) atoms. The Morgan fingerprint density at radius 1 is 1.22 bits per heavy atom. The Labute approximate surface area is 118 Å². The Morgan fingerprint density at radius 2 is 1.83 bits per heavy atom. The molecule has 2 heterocycles. The van der Waals surface area contributed by atoms with Crippen LogP contribution in [0.2, 0.25) is 0 Å². The molecule has 1 aliphatic rings. The van der Waals surface area contributed by atoms with Crippen molar-refractivity contribution in [2.24, 2.45) is 0 Å². The third-order valence-electron chi connectivity index (χ3n) is 2.50. The molecule has 0 spiro atoms. The lowest BCUT2D eigenvalue weighted by Gasteiger charge is -2.09. The molecule has 0 radical (unpaired) electrons. The van der Waals surface area contributed by atoms with Crippen molar-refractivity contribution in [2.45, 2.75) is 0 Å². The number of hydrogen-bond donors (Lipinski definition) is 2. The van der Waals surface area contributed by atoms with Crippen molar-refractivity contribution in [3.05, 3.63) is 26.3 Å². The molecule has 0 atom stereocenters. The van der Waals surface area contributed by atoms with E-state index in [0.29, 0.717) is 5.82 Å². The monoisotopic (exact) mass is 363 g/mol. The molecule has 1 aromatic heterocycles. The largest absolute Gasteiger partial charge is 0.691 e. The summed E-state index contributed by atoms with van der Waals surface area (Å²) in [4.78, 5) is 4.60. The lowest BCUT2D eigenvalue weighted by molar-refractivity contribution is -0.784. The van der Waals surface area contributed by atoms with Crippen LogP contribution in [0.25, 0.3) is 6.08 Å². The van der Waals surface area contributed by atoms with Crippen molar-refractivity contribution in [2.75, 3.05) is 33.5 Å². The van der Waals surface area contributed by atoms with Gasteiger partial charge in [0.2, 0.25) is 5.35 Å². The molecule has 0 fully saturated rings. The summed E-state index contributed by atoms with van der Waals surface area (Å²) in [5.74, 6) is 1.37. The number of halogens is 1. The predicted molar refractivity (Wildman–Crippen MR) is 75.8 cm³/mol. The van der Waals surface area contributed by atoms with Crippen LogP contribution in [0.3, 0.4) is 0 Å². The summed E-state index contributed by atoms with van der Waals surface area (Å²) in [6.45, 7) is 0. The number of fused-ring (bicyclic) bond motifs is 1. The van der Waals surface area contributed by atoms with Crippen LogP contribution in [0, 0.1) is 11.2 Å². The van der Waals surface area contributed by atoms with Gasteiger partial charge in [0.15, 0.2) is 0 Å². The molecule has 0 bridgehead atoms. The lowest BCUT2D eigenvalue weighted by atomic mass is 10.4. The van der Waals surface area contributed by atoms with Crippen LogP contribution < -0.4 is 19.9 Å². The fourth-order valence-electron chi connectivity index (χ4n) is 1.93. The van der Waals surface area contributed by atoms with Crippen LogP contribution in [0.4, 0.5) is 5.82 Å². The van der Waals surface area contributed by atoms with Gasteiger partial charge in [-0.05, 0) is 39.1 Å². The Balaban J connectivity index is 2.83. The van der Waals surface area contributed by atoms with Crippen molar-refractivity contribution in [1.29, 1.82) is 0 Å². The molecule has 2 N–H and O–H groups in total. The van der Waals surface area contributed by atoms with Gasteiger partial charge in [0.25, 0.3) is 5.82 Å². The SMILES string of the molecule is CN(C)C(N(C)C)=[n+]1[nH][n+]([O-])c2c1=CC=C(I)N2. The summed E-state index contributed by atoms with van der Waals surface area (Å²) in [7, 11) is 7.72. The normalized spacial score (nSPS) is 13.1. The highest BCUT2D eigenvalue weighted by atomic mass is 127. The zero-order chi connectivity index (χ0) is 13.4. The number of rotatable bonds is 2. The third-order valence-corrected chi connectivity index (χ3v) is 3.13. The molecule has 1 aromatic rings. The van der Waals surface area contributed by atoms with Crippen molar-refractivity contribution >= 4 is 34.5 Å². The third kappa shape index (κ3) is 2.11. The van der Waals surface area contributed by atoms with Gasteiger partial charge in [-0.1, -0.05) is 5.21 Å². The number of anilines is 1. The van der Waals surface area contributed by atoms with E-state index in [4.69, 9.17) is 0 Å². The van der Waals surface area contributed by atoms with Gasteiger partial charge in [-0.25, -0.2) is 9.80 Å². The second kappa shape index (κ2) is 4.67. The van der Waals surface area contributed by atoms with Gasteiger partial charge >= 0.3 is 5.96 Å². The fourth-order valence-corrected chi connectivity index (χ4v) is 2.37. The van der Waals surface area contributed by atoms with E-state index in [0.717, 1.165) is 19.9 Å². The van der Waals surface area contributed by atoms with Crippen LogP contribution >= 0.6 is 22.6 Å². The number of allylic oxidation sites excluding steroid dienone is 1. The summed E-state index contributed by atoms with van der Waals surface area (Å²) in [6.07, 6.45) is 3.84. The predicted octanol–water partition coefficient (Wildman–Crippen LogP) is -1.16. The average Bonchev–Trinajstić information content (AvgIpc) is 2.55. The quantitative estimate of drug-likeness (QED) is 0.301. The Kier molecular flexibility index (Phi) is 3.37. The van der Waals surface area contributed by atoms with E-state index < -0.39 is 0 Å². The summed E-state index contributed by atoms with van der Waals surface area (Å²) in [6, 6.07) is 0. The van der Waals surface area contributed by atoms with Gasteiger partial charge in [-0.2, -0.15) is 0 Å². The molecule has 1 aliphatic heterocycles. The first-order chi connectivity index (χ1) is 8.41. The maximum absolute atomic E-state index is 11.9. The van der Waals surface area contributed by atoms with Gasteiger partial charge in [0.1, 0.15) is 0 Å². The Bertz CT molecular complexity index is 605. The molecule has 98 valence electrons. The Hall–Kier alpha value is -1.45. The number of H-pyrrole nitrogens is 1. The Morgan fingerprint density at radius 3 is 2.39 bits per heavy atom. The number of nitrogens with zero attached hydrogens (tertiary/aromatic N) is 4. The van der Waals surface area contributed by atoms with E-state index in [1.807, 2.05) is 50.1 Å². The first-order valence-electron chi connectivity index (χ1n) is 5.39. The van der Waals surface area contributed by atoms with Crippen molar-refractivity contribution in [3.8, 4) is 0 Å². The minimum Gasteiger partial charge on any atom is -0.691 e. The van der Waals surface area contributed by atoms with Crippen LogP contribution in [0.15, 0.2) is 9.78 Å². The van der Waals surface area contributed by atoms with E-state index in [1.54, 1.807) is 4.36 Å². The minimum atomic E-state index is 0.503. The molecule has 2 rings (SSSR count). The maximum Gasteiger partial charge on any atom is 0.466 e. The maximum atomic E-state index is 11.9. The van der Waals surface area contributed by atoms with Gasteiger partial charge in [0.05, 0.1) is 31.9 Å². The van der Waals surface area contributed by atoms with E-state index in [9.17, 15) is 5.21 Å². The lowest BCUT2D eigenvalue weighted by Crippen LogP contribution is -2.50. The van der Waals surface area contributed by atoms with Gasteiger partial charge in [0, 0.05) is 0 Å². The number of aromatic nitrogens is 3. The van der Waals surface area contributed by atoms with Crippen LogP contribution in [0.1, 0.15) is 0 Å². The second-order valence-electron chi connectivity index (χ2n) is 4.36. The van der Waals surface area contributed by atoms with E-state index in [2.05, 4.69) is 33.1 Å². The molecule has 0 amide bonds. The summed E-state index contributed by atoms with van der Waals surface area (Å²) in [5, 5.41) is 18.5. The zero-order valence-corrected chi connectivity index (χ0v) is 12.9. The van der Waals surface area contributed by atoms with Gasteiger partial charge in [-0.3, -0.25) is 0 Å². The smallest absolute Gasteiger partial charge is 0.466 e. The summed E-state index contributed by atoms with van der Waals surface area (Å²) >= 11 is 2.14. The molecule has 0 unspecified atom stereocenters. The van der Waals surface area contributed by atoms with E-state index in [1.165, 1.54) is 0 Å². The van der Waals surface area contributed by atoms with E-state index in [-0.39, 0.29) is 0 Å². The first-order valence-corrected chi connectivity index (χ1v) is 6.47. The molecule has 0 aliphatic carbocycles. The molecule has 7 nitrogen and oxygen atoms in total. The van der Waals surface area contributed by atoms with Gasteiger partial charge in [-0.15, -0.1) is 4.85 Å². The highest BCUT2D eigenvalue weighted by molar-refractivity contribution is 14.1. The first kappa shape index (κ1) is 13.0. The summed E-state index contributed by atoms with van der Waals surface area (Å²) < 4.78 is 2.65. The highest BCUT2D eigenvalue weighted by Crippen LogP contribution is 2.09. The average molecular weight is 363 g/mol. The zero-order valence-electron chi connectivity index (χ0n) is 10.7.